The molecule has 0 aliphatic carbocycles. The number of aliphatic hydroxyl groups is 4. The van der Waals surface area contributed by atoms with Gasteiger partial charge in [-0.05, 0) is 69.7 Å². The van der Waals surface area contributed by atoms with Crippen LogP contribution in [0, 0.1) is 0 Å². The molecule has 0 heterocycles. The summed E-state index contributed by atoms with van der Waals surface area (Å²) in [5.41, 5.74) is 0. The van der Waals surface area contributed by atoms with Crippen LogP contribution in [0.1, 0.15) is 120 Å². The quantitative estimate of drug-likeness (QED) is 0.0413. The Morgan fingerprint density at radius 3 is 1.56 bits per heavy atom. The number of aliphatic hydroxyl groups excluding tert-OH is 4. The van der Waals surface area contributed by atoms with Crippen molar-refractivity contribution >= 4 is 28.5 Å². The molecule has 0 bridgehead atoms. The fraction of sp³-hybridized carbons (Fsp3) is 0.641. The van der Waals surface area contributed by atoms with Gasteiger partial charge in [0.2, 0.25) is 8.77 Å². The Bertz CT molecular complexity index is 1080. The fourth-order valence-electron chi connectivity index (χ4n) is 3.55. The zero-order valence-corrected chi connectivity index (χ0v) is 34.8. The summed E-state index contributed by atoms with van der Waals surface area (Å²) < 4.78 is 57.0. The minimum absolute atomic E-state index is 0.00654. The minimum atomic E-state index is -1.99. The van der Waals surface area contributed by atoms with Gasteiger partial charge in [-0.15, -0.1) is 9.05 Å². The standard InChI is InChI=1S/C13H26O4P.C12H11O3P.C6H13NO2.C6H14O.2CH4O/c1-3-4-5-8-11-16-18(15)17-12-9-6-7-10-13(2)14;13-16(14-11-7-3-1-4-8-11)15-12-9-5-2-6-10-12;1-6(9)7-4-2-3-5-8;1-2-3-4-5-6-7;2*1-2/h3-12H2,1-2H3;1-10,13H;8H,2-5H2,1H3,(H,7,9);7H,2-6H2,1H3;2*2H,1H3/q+1;;;;;/i1D;;;1D;2*2T. The molecule has 0 aliphatic heterocycles. The summed E-state index contributed by atoms with van der Waals surface area (Å²) in [5, 5.41) is 26.3. The SMILES string of the molecule is CC(=O)NCCCCO.OP(Oc1ccccc1)Oc1ccccc1.[2H]CCCCCCO.[2H]CCCCCCO[P+](=O)OCCCCCC(C)=O.[3H]OC.[3H]OC. The van der Waals surface area contributed by atoms with E-state index in [-0.39, 0.29) is 18.3 Å². The predicted octanol–water partition coefficient (Wildman–Crippen LogP) is 8.44. The van der Waals surface area contributed by atoms with Crippen LogP contribution in [0.15, 0.2) is 60.7 Å². The number of para-hydroxylation sites is 2. The molecule has 0 aliphatic rings. The maximum absolute atomic E-state index is 11.3. The van der Waals surface area contributed by atoms with Crippen LogP contribution in [0.3, 0.4) is 0 Å². The van der Waals surface area contributed by atoms with E-state index in [0.29, 0.717) is 58.1 Å². The first kappa shape index (κ1) is 49.4. The van der Waals surface area contributed by atoms with E-state index in [4.69, 9.17) is 33.9 Å². The molecule has 1 unspecified atom stereocenters. The highest BCUT2D eigenvalue weighted by atomic mass is 31.2. The topological polar surface area (TPSA) is 201 Å². The molecule has 6 N–H and O–H groups in total. The first-order valence-electron chi connectivity index (χ1n) is 20.5. The number of nitrogens with one attached hydrogen (secondary N) is 1. The largest absolute Gasteiger partial charge is 0.697 e. The third-order valence-corrected chi connectivity index (χ3v) is 7.70. The molecule has 0 saturated carbocycles. The van der Waals surface area contributed by atoms with Crippen molar-refractivity contribution in [1.82, 2.24) is 5.32 Å². The van der Waals surface area contributed by atoms with E-state index < -0.39 is 16.9 Å². The van der Waals surface area contributed by atoms with Crippen LogP contribution in [0.25, 0.3) is 0 Å². The monoisotopic (exact) mass is 814 g/mol. The zero-order chi connectivity index (χ0) is 44.3. The Labute approximate surface area is 333 Å². The maximum Gasteiger partial charge on any atom is 0.697 e. The second-order valence-electron chi connectivity index (χ2n) is 10.9. The zero-order valence-electron chi connectivity index (χ0n) is 37.0. The molecule has 314 valence electrons. The van der Waals surface area contributed by atoms with Crippen molar-refractivity contribution in [3.05, 3.63) is 60.7 Å². The van der Waals surface area contributed by atoms with E-state index in [1.165, 1.54) is 21.1 Å². The lowest BCUT2D eigenvalue weighted by molar-refractivity contribution is -0.119. The molecule has 0 saturated heterocycles. The van der Waals surface area contributed by atoms with E-state index >= 15 is 0 Å². The molecule has 1 atom stereocenters. The summed E-state index contributed by atoms with van der Waals surface area (Å²) in [7, 11) is -1.34. The molecular formula is C39H72NO12P2+. The van der Waals surface area contributed by atoms with Crippen LogP contribution in [-0.2, 0) is 23.2 Å². The fourth-order valence-corrected chi connectivity index (χ4v) is 4.82. The molecule has 2 rings (SSSR count). The average molecular weight is 815 g/mol. The number of hydrogen-bond donors (Lipinski definition) is 6. The first-order chi connectivity index (χ1) is 28.0. The number of amides is 1. The van der Waals surface area contributed by atoms with Gasteiger partial charge in [-0.1, -0.05) is 95.1 Å². The van der Waals surface area contributed by atoms with Crippen molar-refractivity contribution in [2.75, 3.05) is 47.2 Å². The summed E-state index contributed by atoms with van der Waals surface area (Å²) in [6, 6.07) is 18.2. The van der Waals surface area contributed by atoms with Crippen molar-refractivity contribution in [3.8, 4) is 11.5 Å². The number of hydrogen-bond acceptors (Lipinski definition) is 12. The number of carbonyl (C=O) groups is 2. The van der Waals surface area contributed by atoms with Crippen LogP contribution in [0.4, 0.5) is 0 Å². The lowest BCUT2D eigenvalue weighted by atomic mass is 10.1. The molecule has 0 spiro atoms. The van der Waals surface area contributed by atoms with Gasteiger partial charge in [0.25, 0.3) is 0 Å². The molecule has 54 heavy (non-hydrogen) atoms. The molecule has 0 aromatic heterocycles. The van der Waals surface area contributed by atoms with Crippen LogP contribution in [-0.4, -0.2) is 87.1 Å². The van der Waals surface area contributed by atoms with Gasteiger partial charge >= 0.3 is 16.9 Å². The van der Waals surface area contributed by atoms with Gasteiger partial charge in [0.05, 0.1) is 0 Å². The van der Waals surface area contributed by atoms with Crippen molar-refractivity contribution in [2.24, 2.45) is 0 Å². The van der Waals surface area contributed by atoms with Gasteiger partial charge in [-0.2, -0.15) is 0 Å². The Balaban J connectivity index is -0.000000335. The lowest BCUT2D eigenvalue weighted by Gasteiger charge is -2.11. The van der Waals surface area contributed by atoms with Gasteiger partial charge in [0.15, 0.2) is 0 Å². The molecule has 2 aromatic rings. The molecule has 0 radical (unpaired) electrons. The smallest absolute Gasteiger partial charge is 0.418 e. The molecule has 2 aromatic carbocycles. The molecule has 15 heteroatoms. The normalized spacial score (nSPS) is 10.8. The Kier molecular flexibility index (Phi) is 46.2. The maximum atomic E-state index is 11.3. The highest BCUT2D eigenvalue weighted by Gasteiger charge is 2.19. The molecular weight excluding hydrogens is 736 g/mol. The van der Waals surface area contributed by atoms with Crippen molar-refractivity contribution < 1.29 is 60.3 Å². The Hall–Kier alpha value is -2.57. The summed E-state index contributed by atoms with van der Waals surface area (Å²) in [6.07, 6.45) is 12.7. The van der Waals surface area contributed by atoms with Crippen molar-refractivity contribution in [2.45, 2.75) is 118 Å². The second kappa shape index (κ2) is 50.4. The number of Topliss-reactive ketones (excluding diaryl/α,β-unsaturated/α-hetero) is 1. The number of rotatable bonds is 25. The Morgan fingerprint density at radius 1 is 0.722 bits per heavy atom. The number of unbranched alkanes of at least 4 members (excludes halogenated alkanes) is 9. The summed E-state index contributed by atoms with van der Waals surface area (Å²) in [6.45, 7) is 6.15. The predicted molar refractivity (Wildman–Crippen MR) is 219 cm³/mol. The van der Waals surface area contributed by atoms with Crippen molar-refractivity contribution in [3.63, 3.8) is 0 Å². The van der Waals surface area contributed by atoms with Gasteiger partial charge in [-0.3, -0.25) is 4.79 Å². The van der Waals surface area contributed by atoms with Crippen LogP contribution in [0.2, 0.25) is 0 Å². The minimum Gasteiger partial charge on any atom is -0.418 e. The highest BCUT2D eigenvalue weighted by molar-refractivity contribution is 7.41. The van der Waals surface area contributed by atoms with Gasteiger partial charge in [0, 0.05) is 54.6 Å². The molecule has 13 nitrogen and oxygen atoms in total. The van der Waals surface area contributed by atoms with E-state index in [2.05, 4.69) is 15.5 Å². The first-order valence-corrected chi connectivity index (χ1v) is 20.5. The Morgan fingerprint density at radius 2 is 1.15 bits per heavy atom. The van der Waals surface area contributed by atoms with Crippen LogP contribution < -0.4 is 14.4 Å². The van der Waals surface area contributed by atoms with Gasteiger partial charge in [0.1, 0.15) is 30.5 Å². The molecule has 0 fully saturated rings. The average Bonchev–Trinajstić information content (AvgIpc) is 3.20. The lowest BCUT2D eigenvalue weighted by Crippen LogP contribution is -2.20. The van der Waals surface area contributed by atoms with Gasteiger partial charge < -0.3 is 44.5 Å². The number of ketones is 1. The van der Waals surface area contributed by atoms with E-state index in [9.17, 15) is 19.0 Å². The molecule has 1 amide bonds. The van der Waals surface area contributed by atoms with Crippen molar-refractivity contribution in [1.29, 1.82) is 2.86 Å². The second-order valence-corrected chi connectivity index (χ2v) is 12.7. The van der Waals surface area contributed by atoms with E-state index in [0.717, 1.165) is 83.5 Å². The number of benzene rings is 2. The summed E-state index contributed by atoms with van der Waals surface area (Å²) in [4.78, 5) is 30.5. The summed E-state index contributed by atoms with van der Waals surface area (Å²) in [5.74, 6) is 1.38. The summed E-state index contributed by atoms with van der Waals surface area (Å²) >= 11 is 0. The van der Waals surface area contributed by atoms with Gasteiger partial charge in [-0.25, -0.2) is 0 Å². The highest BCUT2D eigenvalue weighted by Crippen LogP contribution is 2.35. The van der Waals surface area contributed by atoms with E-state index in [1.54, 1.807) is 31.2 Å². The van der Waals surface area contributed by atoms with Crippen LogP contribution in [0.5, 0.6) is 11.5 Å². The third-order valence-electron chi connectivity index (χ3n) is 6.18. The third kappa shape index (κ3) is 51.5. The van der Waals surface area contributed by atoms with Crippen LogP contribution >= 0.6 is 16.9 Å². The van der Waals surface area contributed by atoms with E-state index in [1.807, 2.05) is 36.4 Å². The number of carbonyl (C=O) groups excluding carboxylic acids is 2.